The molecule has 1 heterocycles. The van der Waals surface area contributed by atoms with Gasteiger partial charge in [-0.25, -0.2) is 4.99 Å². The monoisotopic (exact) mass is 295 g/mol. The molecule has 0 atom stereocenters. The molecule has 4 heteroatoms. The van der Waals surface area contributed by atoms with Crippen molar-refractivity contribution in [2.45, 2.75) is 13.8 Å². The Labute approximate surface area is 129 Å². The molecule has 0 unspecified atom stereocenters. The lowest BCUT2D eigenvalue weighted by Gasteiger charge is -2.15. The summed E-state index contributed by atoms with van der Waals surface area (Å²) in [5.41, 5.74) is 8.72. The molecular weight excluding hydrogens is 278 g/mol. The molecule has 0 saturated heterocycles. The van der Waals surface area contributed by atoms with E-state index >= 15 is 0 Å². The maximum absolute atomic E-state index is 4.56. The minimum atomic E-state index is 0.834. The van der Waals surface area contributed by atoms with E-state index < -0.39 is 0 Å². The van der Waals surface area contributed by atoms with Crippen molar-refractivity contribution in [3.8, 4) is 0 Å². The smallest absolute Gasteiger partial charge is 0.182 e. The van der Waals surface area contributed by atoms with Gasteiger partial charge in [0.05, 0.1) is 11.4 Å². The first-order chi connectivity index (χ1) is 10.2. The molecule has 2 aromatic rings. The number of amidine groups is 1. The second kappa shape index (κ2) is 6.14. The third-order valence-corrected chi connectivity index (χ3v) is 4.16. The minimum absolute atomic E-state index is 0.834. The molecule has 0 fully saturated rings. The van der Waals surface area contributed by atoms with Gasteiger partial charge >= 0.3 is 0 Å². The molecule has 0 radical (unpaired) electrons. The Morgan fingerprint density at radius 2 is 1.57 bits per heavy atom. The Kier molecular flexibility index (Phi) is 4.06. The number of benzene rings is 2. The van der Waals surface area contributed by atoms with E-state index in [1.807, 2.05) is 12.1 Å². The van der Waals surface area contributed by atoms with Crippen LogP contribution >= 0.6 is 11.8 Å². The van der Waals surface area contributed by atoms with Crippen molar-refractivity contribution in [2.24, 2.45) is 10.1 Å². The van der Waals surface area contributed by atoms with Gasteiger partial charge in [0.15, 0.2) is 5.17 Å². The van der Waals surface area contributed by atoms with Gasteiger partial charge in [0.2, 0.25) is 0 Å². The lowest BCUT2D eigenvalue weighted by Crippen LogP contribution is -2.25. The SMILES string of the molecule is Cc1ccc(N=C2NN=C(c3ccc(C)cc3)CS2)cc1. The van der Waals surface area contributed by atoms with Crippen LogP contribution in [0.15, 0.2) is 58.6 Å². The summed E-state index contributed by atoms with van der Waals surface area (Å²) >= 11 is 1.68. The molecule has 1 aliphatic heterocycles. The summed E-state index contributed by atoms with van der Waals surface area (Å²) in [7, 11) is 0. The Hall–Kier alpha value is -2.07. The highest BCUT2D eigenvalue weighted by Gasteiger charge is 2.12. The van der Waals surface area contributed by atoms with Crippen LogP contribution in [0.4, 0.5) is 5.69 Å². The number of thioether (sulfide) groups is 1. The third-order valence-electron chi connectivity index (χ3n) is 3.28. The Morgan fingerprint density at radius 3 is 2.14 bits per heavy atom. The van der Waals surface area contributed by atoms with E-state index in [0.29, 0.717) is 0 Å². The highest BCUT2D eigenvalue weighted by molar-refractivity contribution is 8.14. The standard InChI is InChI=1S/C17H17N3S/c1-12-3-7-14(8-4-12)16-11-21-17(20-19-16)18-15-9-5-13(2)6-10-15/h3-10H,11H2,1-2H3,(H,18,20). The van der Waals surface area contributed by atoms with Gasteiger partial charge in [-0.2, -0.15) is 5.10 Å². The molecule has 3 nitrogen and oxygen atoms in total. The summed E-state index contributed by atoms with van der Waals surface area (Å²) in [6, 6.07) is 16.6. The maximum Gasteiger partial charge on any atom is 0.182 e. The molecule has 0 aliphatic carbocycles. The topological polar surface area (TPSA) is 36.8 Å². The van der Waals surface area contributed by atoms with Crippen molar-refractivity contribution in [3.05, 3.63) is 65.2 Å². The van der Waals surface area contributed by atoms with Gasteiger partial charge in [-0.1, -0.05) is 59.3 Å². The Balaban J connectivity index is 1.74. The zero-order chi connectivity index (χ0) is 14.7. The molecule has 2 aromatic carbocycles. The summed E-state index contributed by atoms with van der Waals surface area (Å²) in [4.78, 5) is 4.56. The zero-order valence-corrected chi connectivity index (χ0v) is 12.9. The fourth-order valence-corrected chi connectivity index (χ4v) is 2.79. The zero-order valence-electron chi connectivity index (χ0n) is 12.1. The first kappa shape index (κ1) is 13.9. The molecule has 1 aliphatic rings. The number of nitrogens with zero attached hydrogens (tertiary/aromatic N) is 2. The fourth-order valence-electron chi connectivity index (χ4n) is 2.00. The summed E-state index contributed by atoms with van der Waals surface area (Å²) < 4.78 is 0. The summed E-state index contributed by atoms with van der Waals surface area (Å²) in [5, 5.41) is 5.28. The molecule has 0 saturated carbocycles. The fraction of sp³-hybridized carbons (Fsp3) is 0.176. The molecule has 1 N–H and O–H groups in total. The van der Waals surface area contributed by atoms with Gasteiger partial charge in [-0.15, -0.1) is 0 Å². The van der Waals surface area contributed by atoms with Crippen LogP contribution in [-0.2, 0) is 0 Å². The number of aliphatic imine (C=N–C) groups is 1. The lowest BCUT2D eigenvalue weighted by atomic mass is 10.1. The summed E-state index contributed by atoms with van der Waals surface area (Å²) in [6.45, 7) is 4.16. The second-order valence-electron chi connectivity index (χ2n) is 5.08. The van der Waals surface area contributed by atoms with Gasteiger partial charge in [-0.05, 0) is 31.5 Å². The van der Waals surface area contributed by atoms with Crippen molar-refractivity contribution in [3.63, 3.8) is 0 Å². The summed E-state index contributed by atoms with van der Waals surface area (Å²) in [5.74, 6) is 0.834. The van der Waals surface area contributed by atoms with Crippen LogP contribution in [0.5, 0.6) is 0 Å². The van der Waals surface area contributed by atoms with Crippen LogP contribution in [0.1, 0.15) is 16.7 Å². The quantitative estimate of drug-likeness (QED) is 0.908. The van der Waals surface area contributed by atoms with Crippen LogP contribution in [0.3, 0.4) is 0 Å². The first-order valence-corrected chi connectivity index (χ1v) is 7.87. The van der Waals surface area contributed by atoms with Crippen molar-refractivity contribution in [1.29, 1.82) is 0 Å². The van der Waals surface area contributed by atoms with Gasteiger partial charge in [0.1, 0.15) is 0 Å². The van der Waals surface area contributed by atoms with Crippen LogP contribution < -0.4 is 5.43 Å². The van der Waals surface area contributed by atoms with E-state index in [0.717, 1.165) is 27.9 Å². The normalized spacial score (nSPS) is 16.5. The molecule has 0 spiro atoms. The van der Waals surface area contributed by atoms with E-state index in [2.05, 4.69) is 65.8 Å². The summed E-state index contributed by atoms with van der Waals surface area (Å²) in [6.07, 6.45) is 0. The van der Waals surface area contributed by atoms with Crippen molar-refractivity contribution in [1.82, 2.24) is 5.43 Å². The number of nitrogens with one attached hydrogen (secondary N) is 1. The highest BCUT2D eigenvalue weighted by atomic mass is 32.2. The number of hydrogen-bond acceptors (Lipinski definition) is 3. The van der Waals surface area contributed by atoms with E-state index in [1.165, 1.54) is 11.1 Å². The predicted octanol–water partition coefficient (Wildman–Crippen LogP) is 4.03. The van der Waals surface area contributed by atoms with Crippen LogP contribution in [-0.4, -0.2) is 16.6 Å². The van der Waals surface area contributed by atoms with Gasteiger partial charge in [0.25, 0.3) is 0 Å². The Bertz CT molecular complexity index is 685. The van der Waals surface area contributed by atoms with Crippen molar-refractivity contribution < 1.29 is 0 Å². The number of hydrogen-bond donors (Lipinski definition) is 1. The molecule has 21 heavy (non-hydrogen) atoms. The number of rotatable bonds is 2. The third kappa shape index (κ3) is 3.52. The van der Waals surface area contributed by atoms with Crippen molar-refractivity contribution in [2.75, 3.05) is 5.75 Å². The van der Waals surface area contributed by atoms with Crippen molar-refractivity contribution >= 4 is 28.3 Å². The van der Waals surface area contributed by atoms with E-state index in [9.17, 15) is 0 Å². The predicted molar refractivity (Wildman–Crippen MR) is 91.6 cm³/mol. The second-order valence-corrected chi connectivity index (χ2v) is 6.04. The molecule has 0 bridgehead atoms. The van der Waals surface area contributed by atoms with E-state index in [-0.39, 0.29) is 0 Å². The van der Waals surface area contributed by atoms with Crippen LogP contribution in [0.25, 0.3) is 0 Å². The lowest BCUT2D eigenvalue weighted by molar-refractivity contribution is 1.03. The van der Waals surface area contributed by atoms with Crippen LogP contribution in [0, 0.1) is 13.8 Å². The number of hydrazone groups is 1. The molecular formula is C17H17N3S. The molecule has 0 amide bonds. The average Bonchev–Trinajstić information content (AvgIpc) is 2.51. The molecule has 0 aromatic heterocycles. The molecule has 3 rings (SSSR count). The maximum atomic E-state index is 4.56. The Morgan fingerprint density at radius 1 is 0.952 bits per heavy atom. The van der Waals surface area contributed by atoms with Gasteiger partial charge in [-0.3, -0.25) is 5.43 Å². The van der Waals surface area contributed by atoms with Gasteiger partial charge < -0.3 is 0 Å². The first-order valence-electron chi connectivity index (χ1n) is 6.88. The average molecular weight is 295 g/mol. The largest absolute Gasteiger partial charge is 0.255 e. The molecule has 106 valence electrons. The minimum Gasteiger partial charge on any atom is -0.255 e. The van der Waals surface area contributed by atoms with Crippen LogP contribution in [0.2, 0.25) is 0 Å². The number of aryl methyl sites for hydroxylation is 2. The van der Waals surface area contributed by atoms with E-state index in [1.54, 1.807) is 11.8 Å². The van der Waals surface area contributed by atoms with E-state index in [4.69, 9.17) is 0 Å². The van der Waals surface area contributed by atoms with Gasteiger partial charge in [0, 0.05) is 5.75 Å². The highest BCUT2D eigenvalue weighted by Crippen LogP contribution is 2.19.